The van der Waals surface area contributed by atoms with E-state index in [0.717, 1.165) is 48.3 Å². The molecule has 0 N–H and O–H groups in total. The van der Waals surface area contributed by atoms with Crippen LogP contribution < -0.4 is 9.47 Å². The third-order valence-corrected chi connectivity index (χ3v) is 9.69. The summed E-state index contributed by atoms with van der Waals surface area (Å²) in [6, 6.07) is 4.60. The molecule has 1 aromatic rings. The van der Waals surface area contributed by atoms with Gasteiger partial charge < -0.3 is 18.9 Å². The number of thioether (sulfide) groups is 2. The Hall–Kier alpha value is -1.58. The minimum Gasteiger partial charge on any atom is -0.491 e. The predicted octanol–water partition coefficient (Wildman–Crippen LogP) is 7.11. The number of nitriles is 2. The van der Waals surface area contributed by atoms with E-state index in [2.05, 4.69) is 12.1 Å². The monoisotopic (exact) mass is 532 g/mol. The summed E-state index contributed by atoms with van der Waals surface area (Å²) < 4.78 is 23.0. The lowest BCUT2D eigenvalue weighted by Gasteiger charge is -2.28. The molecule has 2 fully saturated rings. The van der Waals surface area contributed by atoms with E-state index in [0.29, 0.717) is 59.6 Å². The highest BCUT2D eigenvalue weighted by Gasteiger charge is 2.31. The molecule has 198 valence electrons. The van der Waals surface area contributed by atoms with Crippen LogP contribution in [0.15, 0.2) is 9.79 Å². The zero-order valence-corrected chi connectivity index (χ0v) is 23.4. The molecule has 0 heterocycles. The fourth-order valence-electron chi connectivity index (χ4n) is 4.82. The molecule has 0 spiro atoms. The van der Waals surface area contributed by atoms with E-state index in [1.165, 1.54) is 38.5 Å². The Morgan fingerprint density at radius 3 is 1.36 bits per heavy atom. The fraction of sp³-hybridized carbons (Fsp3) is 0.714. The maximum absolute atomic E-state index is 10.2. The number of benzene rings is 1. The lowest BCUT2D eigenvalue weighted by Crippen LogP contribution is -2.14. The van der Waals surface area contributed by atoms with Crippen LogP contribution in [0.1, 0.15) is 88.2 Å². The summed E-state index contributed by atoms with van der Waals surface area (Å²) in [6.07, 6.45) is 13.6. The van der Waals surface area contributed by atoms with Crippen molar-refractivity contribution < 1.29 is 18.9 Å². The van der Waals surface area contributed by atoms with Gasteiger partial charge in [-0.2, -0.15) is 10.5 Å². The van der Waals surface area contributed by atoms with Gasteiger partial charge in [-0.25, -0.2) is 0 Å². The number of ether oxygens (including phenoxy) is 4. The average Bonchev–Trinajstić information content (AvgIpc) is 2.92. The maximum Gasteiger partial charge on any atom is 0.153 e. The van der Waals surface area contributed by atoms with Crippen LogP contribution in [0, 0.1) is 22.7 Å². The first-order chi connectivity index (χ1) is 17.7. The molecule has 0 saturated heterocycles. The third-order valence-electron chi connectivity index (χ3n) is 6.70. The van der Waals surface area contributed by atoms with E-state index in [1.807, 2.05) is 23.5 Å². The molecule has 0 amide bonds. The van der Waals surface area contributed by atoms with E-state index in [4.69, 9.17) is 18.9 Å². The molecule has 0 aromatic heterocycles. The highest BCUT2D eigenvalue weighted by atomic mass is 32.2. The van der Waals surface area contributed by atoms with Crippen molar-refractivity contribution in [3.8, 4) is 23.6 Å². The number of hydrogen-bond acceptors (Lipinski definition) is 8. The molecule has 0 unspecified atom stereocenters. The summed E-state index contributed by atoms with van der Waals surface area (Å²) in [5.74, 6) is 1.12. The van der Waals surface area contributed by atoms with Gasteiger partial charge in [-0.3, -0.25) is 0 Å². The van der Waals surface area contributed by atoms with Crippen molar-refractivity contribution in [1.82, 2.24) is 0 Å². The first kappa shape index (κ1) is 29.0. The van der Waals surface area contributed by atoms with Gasteiger partial charge in [-0.15, -0.1) is 23.5 Å². The second-order valence-electron chi connectivity index (χ2n) is 9.44. The van der Waals surface area contributed by atoms with E-state index in [9.17, 15) is 10.5 Å². The van der Waals surface area contributed by atoms with Crippen LogP contribution in [0.3, 0.4) is 0 Å². The molecule has 0 bridgehead atoms. The number of nitrogens with zero attached hydrogens (tertiary/aromatic N) is 2. The van der Waals surface area contributed by atoms with Gasteiger partial charge >= 0.3 is 0 Å². The van der Waals surface area contributed by atoms with Crippen LogP contribution in [0.25, 0.3) is 0 Å². The zero-order valence-electron chi connectivity index (χ0n) is 21.8. The van der Waals surface area contributed by atoms with Crippen molar-refractivity contribution in [2.75, 3.05) is 40.6 Å². The Morgan fingerprint density at radius 1 is 0.639 bits per heavy atom. The molecule has 0 aliphatic heterocycles. The van der Waals surface area contributed by atoms with Gasteiger partial charge in [0, 0.05) is 50.8 Å². The summed E-state index contributed by atoms with van der Waals surface area (Å²) in [7, 11) is 3.35. The van der Waals surface area contributed by atoms with Crippen LogP contribution in [0.4, 0.5) is 0 Å². The Bertz CT molecular complexity index is 828. The minimum atomic E-state index is 0.294. The van der Waals surface area contributed by atoms with E-state index in [-0.39, 0.29) is 0 Å². The summed E-state index contributed by atoms with van der Waals surface area (Å²) in [5.41, 5.74) is 0.589. The molecule has 0 radical (unpaired) electrons. The van der Waals surface area contributed by atoms with Crippen molar-refractivity contribution >= 4 is 23.5 Å². The van der Waals surface area contributed by atoms with Gasteiger partial charge in [0.05, 0.1) is 23.0 Å². The zero-order chi connectivity index (χ0) is 25.6. The molecule has 2 aliphatic rings. The molecule has 6 nitrogen and oxygen atoms in total. The second-order valence-corrected chi connectivity index (χ2v) is 12.1. The Balaban J connectivity index is 2.09. The van der Waals surface area contributed by atoms with Crippen LogP contribution in [-0.2, 0) is 9.47 Å². The van der Waals surface area contributed by atoms with E-state index >= 15 is 0 Å². The molecule has 36 heavy (non-hydrogen) atoms. The van der Waals surface area contributed by atoms with E-state index < -0.39 is 0 Å². The van der Waals surface area contributed by atoms with Crippen molar-refractivity contribution in [3.63, 3.8) is 0 Å². The molecule has 2 aliphatic carbocycles. The van der Waals surface area contributed by atoms with Gasteiger partial charge in [0.25, 0.3) is 0 Å². The standard InChI is InChI=1S/C28H40N2O4S2/c1-31-15-9-17-33-25-23(19-29)24(20-30)26(34-18-10-16-32-2)28(36-22-13-7-4-8-14-22)27(25)35-21-11-5-3-6-12-21/h21-22H,3-18H2,1-2H3. The number of methoxy groups -OCH3 is 2. The summed E-state index contributed by atoms with van der Waals surface area (Å²) >= 11 is 3.67. The van der Waals surface area contributed by atoms with Crippen LogP contribution in [0.2, 0.25) is 0 Å². The fourth-order valence-corrected chi connectivity index (χ4v) is 7.85. The summed E-state index contributed by atoms with van der Waals surface area (Å²) in [5, 5.41) is 21.4. The smallest absolute Gasteiger partial charge is 0.153 e. The van der Waals surface area contributed by atoms with Crippen molar-refractivity contribution in [2.24, 2.45) is 0 Å². The lowest BCUT2D eigenvalue weighted by atomic mass is 10.0. The van der Waals surface area contributed by atoms with Gasteiger partial charge in [0.1, 0.15) is 23.3 Å². The Kier molecular flexibility index (Phi) is 13.1. The van der Waals surface area contributed by atoms with Gasteiger partial charge in [0.15, 0.2) is 11.5 Å². The first-order valence-corrected chi connectivity index (χ1v) is 15.1. The first-order valence-electron chi connectivity index (χ1n) is 13.3. The maximum atomic E-state index is 10.2. The molecule has 3 rings (SSSR count). The number of rotatable bonds is 14. The quantitative estimate of drug-likeness (QED) is 0.234. The largest absolute Gasteiger partial charge is 0.491 e. The average molecular weight is 533 g/mol. The number of hydrogen-bond donors (Lipinski definition) is 0. The van der Waals surface area contributed by atoms with Crippen LogP contribution in [-0.4, -0.2) is 51.1 Å². The normalized spacial score (nSPS) is 16.9. The second kappa shape index (κ2) is 16.3. The molecule has 2 saturated carbocycles. The van der Waals surface area contributed by atoms with Crippen molar-refractivity contribution in [1.29, 1.82) is 10.5 Å². The van der Waals surface area contributed by atoms with Gasteiger partial charge in [-0.05, 0) is 25.7 Å². The molecule has 8 heteroatoms. The summed E-state index contributed by atoms with van der Waals surface area (Å²) in [6.45, 7) is 2.05. The summed E-state index contributed by atoms with van der Waals surface area (Å²) in [4.78, 5) is 1.99. The lowest BCUT2D eigenvalue weighted by molar-refractivity contribution is 0.168. The van der Waals surface area contributed by atoms with Crippen LogP contribution >= 0.6 is 23.5 Å². The SMILES string of the molecule is COCCCOc1c(C#N)c(C#N)c(OCCCOC)c(SC2CCCCC2)c1SC1CCCCC1. The van der Waals surface area contributed by atoms with Crippen molar-refractivity contribution in [3.05, 3.63) is 11.1 Å². The van der Waals surface area contributed by atoms with Crippen LogP contribution in [0.5, 0.6) is 11.5 Å². The molecular weight excluding hydrogens is 492 g/mol. The Morgan fingerprint density at radius 2 is 1.03 bits per heavy atom. The molecular formula is C28H40N2O4S2. The topological polar surface area (TPSA) is 84.5 Å². The minimum absolute atomic E-state index is 0.294. The van der Waals surface area contributed by atoms with E-state index in [1.54, 1.807) is 14.2 Å². The molecule has 1 aromatic carbocycles. The van der Waals surface area contributed by atoms with Gasteiger partial charge in [-0.1, -0.05) is 38.5 Å². The highest BCUT2D eigenvalue weighted by molar-refractivity contribution is 8.03. The third kappa shape index (κ3) is 8.21. The van der Waals surface area contributed by atoms with Crippen molar-refractivity contribution in [2.45, 2.75) is 97.3 Å². The predicted molar refractivity (Wildman–Crippen MR) is 145 cm³/mol. The Labute approximate surface area is 225 Å². The molecule has 0 atom stereocenters. The van der Waals surface area contributed by atoms with Gasteiger partial charge in [0.2, 0.25) is 0 Å². The highest BCUT2D eigenvalue weighted by Crippen LogP contribution is 2.53.